The lowest BCUT2D eigenvalue weighted by Crippen LogP contribution is -2.26. The van der Waals surface area contributed by atoms with Gasteiger partial charge in [-0.15, -0.1) is 0 Å². The van der Waals surface area contributed by atoms with Gasteiger partial charge in [0, 0.05) is 12.1 Å². The van der Waals surface area contributed by atoms with E-state index in [9.17, 15) is 8.42 Å². The first kappa shape index (κ1) is 17.0. The Kier molecular flexibility index (Phi) is 5.61. The lowest BCUT2D eigenvalue weighted by Gasteiger charge is -2.15. The molecule has 0 aromatic heterocycles. The minimum absolute atomic E-state index is 0.182. The Labute approximate surface area is 139 Å². The average Bonchev–Trinajstić information content (AvgIpc) is 2.50. The van der Waals surface area contributed by atoms with Crippen molar-refractivity contribution in [2.75, 3.05) is 6.61 Å². The predicted octanol–water partition coefficient (Wildman–Crippen LogP) is 3.89. The number of nitrogens with one attached hydrogen (secondary N) is 1. The Morgan fingerprint density at radius 3 is 2.50 bits per heavy atom. The molecule has 0 saturated carbocycles. The van der Waals surface area contributed by atoms with Crippen molar-refractivity contribution in [2.45, 2.75) is 24.8 Å². The molecule has 0 saturated heterocycles. The lowest BCUT2D eigenvalue weighted by atomic mass is 10.1. The molecule has 0 aliphatic rings. The Balaban J connectivity index is 2.25. The van der Waals surface area contributed by atoms with E-state index in [-0.39, 0.29) is 10.9 Å². The Morgan fingerprint density at radius 1 is 1.18 bits per heavy atom. The summed E-state index contributed by atoms with van der Waals surface area (Å²) in [5.74, 6) is 0.512. The molecule has 0 unspecified atom stereocenters. The third-order valence-corrected chi connectivity index (χ3v) is 5.34. The number of sulfonamides is 1. The molecule has 22 heavy (non-hydrogen) atoms. The summed E-state index contributed by atoms with van der Waals surface area (Å²) in [4.78, 5) is 0.182. The normalized spacial score (nSPS) is 12.9. The fourth-order valence-corrected chi connectivity index (χ4v) is 3.64. The standard InChI is InChI=1S/C16H18BrNO3S/c1-3-21-16-11-14(9-10-15(16)17)22(19,20)18-12(2)13-7-5-4-6-8-13/h4-12,18H,3H2,1-2H3/t12-/m0/s1. The molecule has 6 heteroatoms. The highest BCUT2D eigenvalue weighted by Gasteiger charge is 2.19. The van der Waals surface area contributed by atoms with E-state index in [1.165, 1.54) is 6.07 Å². The van der Waals surface area contributed by atoms with Crippen LogP contribution in [0.4, 0.5) is 0 Å². The summed E-state index contributed by atoms with van der Waals surface area (Å²) >= 11 is 3.35. The molecule has 2 aromatic carbocycles. The molecule has 0 fully saturated rings. The third kappa shape index (κ3) is 4.09. The van der Waals surface area contributed by atoms with Crippen LogP contribution >= 0.6 is 15.9 Å². The molecule has 1 atom stereocenters. The number of hydrogen-bond acceptors (Lipinski definition) is 3. The molecule has 0 radical (unpaired) electrons. The quantitative estimate of drug-likeness (QED) is 0.822. The minimum atomic E-state index is -3.62. The highest BCUT2D eigenvalue weighted by atomic mass is 79.9. The van der Waals surface area contributed by atoms with Gasteiger partial charge >= 0.3 is 0 Å². The molecule has 0 amide bonds. The van der Waals surface area contributed by atoms with E-state index in [0.717, 1.165) is 10.0 Å². The molecule has 0 aliphatic heterocycles. The van der Waals surface area contributed by atoms with Crippen molar-refractivity contribution in [1.82, 2.24) is 4.72 Å². The number of benzene rings is 2. The number of hydrogen-bond donors (Lipinski definition) is 1. The Hall–Kier alpha value is -1.37. The highest BCUT2D eigenvalue weighted by molar-refractivity contribution is 9.10. The molecule has 0 spiro atoms. The fraction of sp³-hybridized carbons (Fsp3) is 0.250. The van der Waals surface area contributed by atoms with E-state index in [4.69, 9.17) is 4.74 Å². The lowest BCUT2D eigenvalue weighted by molar-refractivity contribution is 0.337. The maximum absolute atomic E-state index is 12.5. The van der Waals surface area contributed by atoms with E-state index in [1.807, 2.05) is 44.2 Å². The van der Waals surface area contributed by atoms with Crippen LogP contribution in [0.15, 0.2) is 57.9 Å². The van der Waals surface area contributed by atoms with E-state index in [0.29, 0.717) is 12.4 Å². The van der Waals surface area contributed by atoms with Gasteiger partial charge in [0.2, 0.25) is 10.0 Å². The van der Waals surface area contributed by atoms with Crippen molar-refractivity contribution in [3.63, 3.8) is 0 Å². The molecule has 0 heterocycles. The maximum atomic E-state index is 12.5. The fourth-order valence-electron chi connectivity index (χ4n) is 2.03. The second-order valence-electron chi connectivity index (χ2n) is 4.78. The summed E-state index contributed by atoms with van der Waals surface area (Å²) in [6, 6.07) is 13.9. The number of ether oxygens (including phenoxy) is 1. The van der Waals surface area contributed by atoms with Crippen molar-refractivity contribution in [1.29, 1.82) is 0 Å². The van der Waals surface area contributed by atoms with Crippen LogP contribution in [0.25, 0.3) is 0 Å². The van der Waals surface area contributed by atoms with Gasteiger partial charge in [-0.2, -0.15) is 0 Å². The van der Waals surface area contributed by atoms with Crippen molar-refractivity contribution in [2.24, 2.45) is 0 Å². The Bertz CT molecular complexity index is 732. The molecule has 0 bridgehead atoms. The first-order valence-corrected chi connectivity index (χ1v) is 9.21. The monoisotopic (exact) mass is 383 g/mol. The average molecular weight is 384 g/mol. The number of rotatable bonds is 6. The van der Waals surface area contributed by atoms with Crippen molar-refractivity contribution >= 4 is 26.0 Å². The maximum Gasteiger partial charge on any atom is 0.241 e. The highest BCUT2D eigenvalue weighted by Crippen LogP contribution is 2.28. The molecular weight excluding hydrogens is 366 g/mol. The predicted molar refractivity (Wildman–Crippen MR) is 90.5 cm³/mol. The Morgan fingerprint density at radius 2 is 1.86 bits per heavy atom. The summed E-state index contributed by atoms with van der Waals surface area (Å²) < 4.78 is 33.8. The van der Waals surface area contributed by atoms with Gasteiger partial charge in [-0.25, -0.2) is 13.1 Å². The van der Waals surface area contributed by atoms with Crippen LogP contribution in [0, 0.1) is 0 Å². The summed E-state index contributed by atoms with van der Waals surface area (Å²) in [6.45, 7) is 4.13. The minimum Gasteiger partial charge on any atom is -0.493 e. The summed E-state index contributed by atoms with van der Waals surface area (Å²) in [7, 11) is -3.62. The van der Waals surface area contributed by atoms with Gasteiger partial charge in [0.05, 0.1) is 16.0 Å². The molecule has 0 aliphatic carbocycles. The molecule has 2 rings (SSSR count). The van der Waals surface area contributed by atoms with Crippen LogP contribution in [0.3, 0.4) is 0 Å². The summed E-state index contributed by atoms with van der Waals surface area (Å²) in [6.07, 6.45) is 0. The third-order valence-electron chi connectivity index (χ3n) is 3.14. The van der Waals surface area contributed by atoms with E-state index < -0.39 is 10.0 Å². The number of halogens is 1. The molecule has 1 N–H and O–H groups in total. The molecule has 118 valence electrons. The zero-order valence-corrected chi connectivity index (χ0v) is 14.8. The second kappa shape index (κ2) is 7.26. The van der Waals surface area contributed by atoms with Gasteiger partial charge in [0.1, 0.15) is 5.75 Å². The zero-order chi connectivity index (χ0) is 16.2. The van der Waals surface area contributed by atoms with Crippen LogP contribution in [-0.4, -0.2) is 15.0 Å². The van der Waals surface area contributed by atoms with E-state index in [1.54, 1.807) is 12.1 Å². The van der Waals surface area contributed by atoms with Crippen molar-refractivity contribution in [3.8, 4) is 5.75 Å². The van der Waals surface area contributed by atoms with Crippen molar-refractivity contribution in [3.05, 3.63) is 58.6 Å². The van der Waals surface area contributed by atoms with Crippen LogP contribution in [0.2, 0.25) is 0 Å². The first-order valence-electron chi connectivity index (χ1n) is 6.93. The van der Waals surface area contributed by atoms with Crippen LogP contribution < -0.4 is 9.46 Å². The van der Waals surface area contributed by atoms with Gasteiger partial charge in [-0.3, -0.25) is 0 Å². The SMILES string of the molecule is CCOc1cc(S(=O)(=O)N[C@@H](C)c2ccccc2)ccc1Br. The van der Waals surface area contributed by atoms with Crippen molar-refractivity contribution < 1.29 is 13.2 Å². The van der Waals surface area contributed by atoms with Gasteiger partial charge in [-0.05, 0) is 47.5 Å². The summed E-state index contributed by atoms with van der Waals surface area (Å²) in [5.41, 5.74) is 0.910. The first-order chi connectivity index (χ1) is 10.4. The topological polar surface area (TPSA) is 55.4 Å². The van der Waals surface area contributed by atoms with Crippen LogP contribution in [0.1, 0.15) is 25.5 Å². The molecule has 2 aromatic rings. The second-order valence-corrected chi connectivity index (χ2v) is 7.35. The van der Waals surface area contributed by atoms with E-state index >= 15 is 0 Å². The van der Waals surface area contributed by atoms with Gasteiger partial charge < -0.3 is 4.74 Å². The largest absolute Gasteiger partial charge is 0.493 e. The zero-order valence-electron chi connectivity index (χ0n) is 12.4. The van der Waals surface area contributed by atoms with E-state index in [2.05, 4.69) is 20.7 Å². The van der Waals surface area contributed by atoms with Crippen LogP contribution in [-0.2, 0) is 10.0 Å². The molecule has 4 nitrogen and oxygen atoms in total. The van der Waals surface area contributed by atoms with Gasteiger partial charge in [0.25, 0.3) is 0 Å². The van der Waals surface area contributed by atoms with Gasteiger partial charge in [-0.1, -0.05) is 30.3 Å². The van der Waals surface area contributed by atoms with Gasteiger partial charge in [0.15, 0.2) is 0 Å². The van der Waals surface area contributed by atoms with Crippen LogP contribution in [0.5, 0.6) is 5.75 Å². The smallest absolute Gasteiger partial charge is 0.241 e. The summed E-state index contributed by atoms with van der Waals surface area (Å²) in [5, 5.41) is 0. The molecular formula is C16H18BrNO3S.